The largest absolute Gasteiger partial charge is 0.396 e. The molecular weight excluding hydrogens is 208 g/mol. The van der Waals surface area contributed by atoms with Crippen LogP contribution in [0.4, 0.5) is 0 Å². The average Bonchev–Trinajstić information content (AvgIpc) is 2.25. The van der Waals surface area contributed by atoms with E-state index in [4.69, 9.17) is 5.11 Å². The van der Waals surface area contributed by atoms with Crippen molar-refractivity contribution in [3.05, 3.63) is 34.9 Å². The molecule has 98 valence electrons. The van der Waals surface area contributed by atoms with Crippen molar-refractivity contribution >= 4 is 0 Å². The van der Waals surface area contributed by atoms with Crippen molar-refractivity contribution in [3.8, 4) is 0 Å². The van der Waals surface area contributed by atoms with Gasteiger partial charge in [0.2, 0.25) is 0 Å². The lowest BCUT2D eigenvalue weighted by atomic mass is 10.1. The average molecular weight is 236 g/mol. The smallest absolute Gasteiger partial charge is 0.0465 e. The molecule has 1 nitrogen and oxygen atoms in total. The van der Waals surface area contributed by atoms with Crippen LogP contribution in [0.2, 0.25) is 0 Å². The van der Waals surface area contributed by atoms with Gasteiger partial charge in [-0.05, 0) is 59.8 Å². The summed E-state index contributed by atoms with van der Waals surface area (Å²) in [6.45, 7) is 8.91. The van der Waals surface area contributed by atoms with Crippen LogP contribution in [-0.4, -0.2) is 11.7 Å². The monoisotopic (exact) mass is 236 g/mol. The van der Waals surface area contributed by atoms with E-state index in [1.165, 1.54) is 23.1 Å². The first-order valence-corrected chi connectivity index (χ1v) is 6.61. The highest BCUT2D eigenvalue weighted by atomic mass is 16.2. The summed E-state index contributed by atoms with van der Waals surface area (Å²) in [5.74, 6) is 0. The van der Waals surface area contributed by atoms with E-state index in [2.05, 4.69) is 45.9 Å². The molecule has 0 amide bonds. The normalized spacial score (nSPS) is 12.8. The van der Waals surface area contributed by atoms with Gasteiger partial charge in [-0.1, -0.05) is 34.9 Å². The fraction of sp³-hybridized carbons (Fsp3) is 0.625. The van der Waals surface area contributed by atoms with Crippen LogP contribution in [0.15, 0.2) is 34.9 Å². The SMILES string of the molecule is CC(C)=CCC/C(C)=C/CC/C(C)=C/CCO. The number of rotatable bonds is 8. The maximum atomic E-state index is 8.71. The zero-order valence-corrected chi connectivity index (χ0v) is 11.9. The van der Waals surface area contributed by atoms with Gasteiger partial charge in [0, 0.05) is 6.61 Å². The van der Waals surface area contributed by atoms with Crippen LogP contribution >= 0.6 is 0 Å². The molecule has 0 aliphatic heterocycles. The van der Waals surface area contributed by atoms with Crippen LogP contribution in [0, 0.1) is 0 Å². The van der Waals surface area contributed by atoms with Crippen LogP contribution in [0.3, 0.4) is 0 Å². The van der Waals surface area contributed by atoms with Crippen molar-refractivity contribution in [1.82, 2.24) is 0 Å². The maximum absolute atomic E-state index is 8.71. The predicted molar refractivity (Wildman–Crippen MR) is 77.1 cm³/mol. The van der Waals surface area contributed by atoms with Crippen LogP contribution in [0.1, 0.15) is 59.8 Å². The molecule has 0 aromatic heterocycles. The van der Waals surface area contributed by atoms with Gasteiger partial charge in [-0.2, -0.15) is 0 Å². The molecule has 0 saturated heterocycles. The quantitative estimate of drug-likeness (QED) is 0.601. The Hall–Kier alpha value is -0.820. The van der Waals surface area contributed by atoms with Crippen LogP contribution < -0.4 is 0 Å². The molecule has 17 heavy (non-hydrogen) atoms. The molecule has 1 N–H and O–H groups in total. The second-order valence-corrected chi connectivity index (χ2v) is 4.97. The Morgan fingerprint density at radius 1 is 0.765 bits per heavy atom. The molecule has 1 heteroatoms. The summed E-state index contributed by atoms with van der Waals surface area (Å²) in [6.07, 6.45) is 12.1. The molecule has 0 aromatic rings. The van der Waals surface area contributed by atoms with Crippen molar-refractivity contribution < 1.29 is 5.11 Å². The third kappa shape index (κ3) is 11.4. The predicted octanol–water partition coefficient (Wildman–Crippen LogP) is 4.79. The minimum atomic E-state index is 0.259. The van der Waals surface area contributed by atoms with Gasteiger partial charge in [-0.15, -0.1) is 0 Å². The lowest BCUT2D eigenvalue weighted by Gasteiger charge is -2.01. The van der Waals surface area contributed by atoms with E-state index in [1.54, 1.807) is 0 Å². The molecular formula is C16H28O. The van der Waals surface area contributed by atoms with Crippen molar-refractivity contribution in [2.24, 2.45) is 0 Å². The van der Waals surface area contributed by atoms with Gasteiger partial charge < -0.3 is 5.11 Å². The summed E-state index contributed by atoms with van der Waals surface area (Å²) < 4.78 is 0. The second kappa shape index (κ2) is 10.3. The molecule has 0 unspecified atom stereocenters. The van der Waals surface area contributed by atoms with Crippen LogP contribution in [-0.2, 0) is 0 Å². The number of allylic oxidation sites excluding steroid dienone is 5. The number of aliphatic hydroxyl groups excluding tert-OH is 1. The van der Waals surface area contributed by atoms with E-state index in [1.807, 2.05) is 0 Å². The highest BCUT2D eigenvalue weighted by Gasteiger charge is 1.91. The molecule has 0 aliphatic carbocycles. The lowest BCUT2D eigenvalue weighted by Crippen LogP contribution is -1.82. The van der Waals surface area contributed by atoms with E-state index in [9.17, 15) is 0 Å². The van der Waals surface area contributed by atoms with Crippen molar-refractivity contribution in [3.63, 3.8) is 0 Å². The summed E-state index contributed by atoms with van der Waals surface area (Å²) >= 11 is 0. The zero-order chi connectivity index (χ0) is 13.1. The van der Waals surface area contributed by atoms with Gasteiger partial charge >= 0.3 is 0 Å². The third-order valence-electron chi connectivity index (χ3n) is 2.74. The second-order valence-electron chi connectivity index (χ2n) is 4.97. The van der Waals surface area contributed by atoms with Crippen molar-refractivity contribution in [2.75, 3.05) is 6.61 Å². The standard InChI is InChI=1S/C16H28O/c1-14(2)8-5-9-15(3)10-6-11-16(4)12-7-13-17/h8,10,12,17H,5-7,9,11,13H2,1-4H3/b15-10+,16-12+. The molecule has 0 spiro atoms. The highest BCUT2D eigenvalue weighted by molar-refractivity contribution is 5.05. The topological polar surface area (TPSA) is 20.2 Å². The molecule has 0 bridgehead atoms. The van der Waals surface area contributed by atoms with Gasteiger partial charge in [0.1, 0.15) is 0 Å². The number of hydrogen-bond donors (Lipinski definition) is 1. The summed E-state index contributed by atoms with van der Waals surface area (Å²) in [4.78, 5) is 0. The number of aliphatic hydroxyl groups is 1. The van der Waals surface area contributed by atoms with E-state index in [0.29, 0.717) is 0 Å². The molecule has 0 aliphatic rings. The molecule has 0 atom stereocenters. The van der Waals surface area contributed by atoms with Gasteiger partial charge in [0.05, 0.1) is 0 Å². The first-order valence-electron chi connectivity index (χ1n) is 6.61. The van der Waals surface area contributed by atoms with Gasteiger partial charge in [-0.25, -0.2) is 0 Å². The Bertz CT molecular complexity index is 278. The molecule has 0 radical (unpaired) electrons. The molecule has 0 fully saturated rings. The number of hydrogen-bond acceptors (Lipinski definition) is 1. The van der Waals surface area contributed by atoms with Crippen LogP contribution in [0.25, 0.3) is 0 Å². The first-order chi connectivity index (χ1) is 8.06. The lowest BCUT2D eigenvalue weighted by molar-refractivity contribution is 0.302. The van der Waals surface area contributed by atoms with Crippen LogP contribution in [0.5, 0.6) is 0 Å². The molecule has 0 saturated carbocycles. The van der Waals surface area contributed by atoms with Crippen molar-refractivity contribution in [2.45, 2.75) is 59.8 Å². The van der Waals surface area contributed by atoms with Gasteiger partial charge in [0.25, 0.3) is 0 Å². The Morgan fingerprint density at radius 2 is 1.24 bits per heavy atom. The third-order valence-corrected chi connectivity index (χ3v) is 2.74. The van der Waals surface area contributed by atoms with E-state index in [-0.39, 0.29) is 6.61 Å². The minimum absolute atomic E-state index is 0.259. The van der Waals surface area contributed by atoms with E-state index < -0.39 is 0 Å². The molecule has 0 aromatic carbocycles. The Labute approximate surface area is 107 Å². The van der Waals surface area contributed by atoms with E-state index in [0.717, 1.165) is 25.7 Å². The highest BCUT2D eigenvalue weighted by Crippen LogP contribution is 2.11. The fourth-order valence-corrected chi connectivity index (χ4v) is 1.65. The summed E-state index contributed by atoms with van der Waals surface area (Å²) in [5.41, 5.74) is 4.27. The first kappa shape index (κ1) is 16.2. The summed E-state index contributed by atoms with van der Waals surface area (Å²) in [6, 6.07) is 0. The van der Waals surface area contributed by atoms with Gasteiger partial charge in [-0.3, -0.25) is 0 Å². The van der Waals surface area contributed by atoms with Crippen molar-refractivity contribution in [1.29, 1.82) is 0 Å². The van der Waals surface area contributed by atoms with E-state index >= 15 is 0 Å². The summed E-state index contributed by atoms with van der Waals surface area (Å²) in [5, 5.41) is 8.71. The summed E-state index contributed by atoms with van der Waals surface area (Å²) in [7, 11) is 0. The minimum Gasteiger partial charge on any atom is -0.396 e. The molecule has 0 heterocycles. The molecule has 0 rings (SSSR count). The Balaban J connectivity index is 3.80. The Morgan fingerprint density at radius 3 is 1.71 bits per heavy atom. The zero-order valence-electron chi connectivity index (χ0n) is 11.9. The fourth-order valence-electron chi connectivity index (χ4n) is 1.65. The van der Waals surface area contributed by atoms with Gasteiger partial charge in [0.15, 0.2) is 0 Å². The maximum Gasteiger partial charge on any atom is 0.0465 e. The Kier molecular flexibility index (Phi) is 9.84.